The van der Waals surface area contributed by atoms with Gasteiger partial charge in [-0.05, 0) is 27.7 Å². The van der Waals surface area contributed by atoms with Gasteiger partial charge in [-0.3, -0.25) is 4.79 Å². The van der Waals surface area contributed by atoms with Gasteiger partial charge in [-0.1, -0.05) is 5.92 Å². The minimum absolute atomic E-state index is 0.201. The van der Waals surface area contributed by atoms with E-state index in [1.165, 1.54) is 0 Å². The van der Waals surface area contributed by atoms with Crippen molar-refractivity contribution in [2.24, 2.45) is 5.41 Å². The van der Waals surface area contributed by atoms with Crippen LogP contribution in [0.3, 0.4) is 0 Å². The fraction of sp³-hybridized carbons (Fsp3) is 0.667. The van der Waals surface area contributed by atoms with Gasteiger partial charge < -0.3 is 4.74 Å². The Bertz CT molecular complexity index is 188. The van der Waals surface area contributed by atoms with E-state index in [9.17, 15) is 4.79 Å². The van der Waals surface area contributed by atoms with Crippen LogP contribution in [0.4, 0.5) is 0 Å². The molecule has 0 aliphatic heterocycles. The van der Waals surface area contributed by atoms with E-state index in [0.717, 1.165) is 0 Å². The van der Waals surface area contributed by atoms with Crippen molar-refractivity contribution in [1.82, 2.24) is 0 Å². The Morgan fingerprint density at radius 1 is 1.45 bits per heavy atom. The van der Waals surface area contributed by atoms with Crippen LogP contribution in [0.5, 0.6) is 0 Å². The van der Waals surface area contributed by atoms with Crippen molar-refractivity contribution in [2.75, 3.05) is 6.61 Å². The van der Waals surface area contributed by atoms with Crippen molar-refractivity contribution in [1.29, 1.82) is 0 Å². The minimum Gasteiger partial charge on any atom is -0.452 e. The van der Waals surface area contributed by atoms with E-state index in [0.29, 0.717) is 0 Å². The van der Waals surface area contributed by atoms with Crippen LogP contribution in [-0.4, -0.2) is 12.6 Å². The average molecular weight is 154 g/mol. The molecule has 0 aliphatic rings. The lowest BCUT2D eigenvalue weighted by Crippen LogP contribution is -2.22. The van der Waals surface area contributed by atoms with Crippen LogP contribution >= 0.6 is 0 Å². The molecule has 0 atom stereocenters. The summed E-state index contributed by atoms with van der Waals surface area (Å²) in [5.74, 6) is 5.10. The highest BCUT2D eigenvalue weighted by molar-refractivity contribution is 5.75. The lowest BCUT2D eigenvalue weighted by molar-refractivity contribution is -0.151. The Balaban J connectivity index is 3.77. The van der Waals surface area contributed by atoms with Crippen molar-refractivity contribution in [2.45, 2.75) is 27.7 Å². The Morgan fingerprint density at radius 3 is 2.36 bits per heavy atom. The normalized spacial score (nSPS) is 9.82. The van der Waals surface area contributed by atoms with Crippen LogP contribution in [-0.2, 0) is 9.53 Å². The topological polar surface area (TPSA) is 26.3 Å². The molecule has 0 bridgehead atoms. The molecule has 0 saturated carbocycles. The zero-order chi connectivity index (χ0) is 8.91. The smallest absolute Gasteiger partial charge is 0.312 e. The van der Waals surface area contributed by atoms with Crippen molar-refractivity contribution < 1.29 is 9.53 Å². The summed E-state index contributed by atoms with van der Waals surface area (Å²) in [6.45, 7) is 7.36. The number of rotatable bonds is 1. The molecule has 0 saturated heterocycles. The van der Waals surface area contributed by atoms with Crippen molar-refractivity contribution in [3.8, 4) is 11.8 Å². The SMILES string of the molecule is CC#CCOC(=O)C(C)(C)C. The summed E-state index contributed by atoms with van der Waals surface area (Å²) < 4.78 is 4.83. The van der Waals surface area contributed by atoms with Crippen LogP contribution in [0.2, 0.25) is 0 Å². The second kappa shape index (κ2) is 4.02. The van der Waals surface area contributed by atoms with Gasteiger partial charge in [0.25, 0.3) is 0 Å². The third-order valence-electron chi connectivity index (χ3n) is 1.06. The molecule has 2 nitrogen and oxygen atoms in total. The maximum absolute atomic E-state index is 11.0. The third-order valence-corrected chi connectivity index (χ3v) is 1.06. The van der Waals surface area contributed by atoms with Crippen molar-refractivity contribution >= 4 is 5.97 Å². The van der Waals surface area contributed by atoms with Gasteiger partial charge in [0.1, 0.15) is 0 Å². The first-order chi connectivity index (χ1) is 4.98. The molecular formula is C9H14O2. The molecule has 0 N–H and O–H groups in total. The van der Waals surface area contributed by atoms with Crippen molar-refractivity contribution in [3.05, 3.63) is 0 Å². The molecule has 0 rings (SSSR count). The highest BCUT2D eigenvalue weighted by Crippen LogP contribution is 2.14. The van der Waals surface area contributed by atoms with Gasteiger partial charge in [0.05, 0.1) is 5.41 Å². The molecule has 0 unspecified atom stereocenters. The van der Waals surface area contributed by atoms with Gasteiger partial charge >= 0.3 is 5.97 Å². The van der Waals surface area contributed by atoms with Crippen molar-refractivity contribution in [3.63, 3.8) is 0 Å². The predicted molar refractivity (Wildman–Crippen MR) is 43.9 cm³/mol. The largest absolute Gasteiger partial charge is 0.452 e. The van der Waals surface area contributed by atoms with Crippen LogP contribution < -0.4 is 0 Å². The van der Waals surface area contributed by atoms with Gasteiger partial charge in [-0.25, -0.2) is 0 Å². The van der Waals surface area contributed by atoms with Gasteiger partial charge in [0.15, 0.2) is 6.61 Å². The second-order valence-electron chi connectivity index (χ2n) is 3.25. The average Bonchev–Trinajstić information content (AvgIpc) is 1.86. The Kier molecular flexibility index (Phi) is 3.67. The lowest BCUT2D eigenvalue weighted by Gasteiger charge is -2.14. The van der Waals surface area contributed by atoms with E-state index in [4.69, 9.17) is 4.74 Å². The van der Waals surface area contributed by atoms with E-state index in [1.54, 1.807) is 6.92 Å². The summed E-state index contributed by atoms with van der Waals surface area (Å²) >= 11 is 0. The number of esters is 1. The number of hydrogen-bond acceptors (Lipinski definition) is 2. The standard InChI is InChI=1S/C9H14O2/c1-5-6-7-11-8(10)9(2,3)4/h7H2,1-4H3. The summed E-state index contributed by atoms with van der Waals surface area (Å²) in [6, 6.07) is 0. The Labute approximate surface area is 67.9 Å². The van der Waals surface area contributed by atoms with E-state index >= 15 is 0 Å². The fourth-order valence-corrected chi connectivity index (χ4v) is 0.390. The monoisotopic (exact) mass is 154 g/mol. The zero-order valence-corrected chi connectivity index (χ0v) is 7.52. The highest BCUT2D eigenvalue weighted by atomic mass is 16.5. The number of hydrogen-bond donors (Lipinski definition) is 0. The minimum atomic E-state index is -0.421. The van der Waals surface area contributed by atoms with Crippen LogP contribution in [0.15, 0.2) is 0 Å². The summed E-state index contributed by atoms with van der Waals surface area (Å²) in [5, 5.41) is 0. The first kappa shape index (κ1) is 10.0. The lowest BCUT2D eigenvalue weighted by atomic mass is 9.97. The molecule has 0 aromatic carbocycles. The van der Waals surface area contributed by atoms with Crippen LogP contribution in [0, 0.1) is 17.3 Å². The fourth-order valence-electron chi connectivity index (χ4n) is 0.390. The number of carbonyl (C=O) groups is 1. The summed E-state index contributed by atoms with van der Waals surface area (Å²) in [7, 11) is 0. The molecule has 0 amide bonds. The van der Waals surface area contributed by atoms with Gasteiger partial charge in [0.2, 0.25) is 0 Å². The first-order valence-electron chi connectivity index (χ1n) is 3.55. The van der Waals surface area contributed by atoms with Gasteiger partial charge in [0, 0.05) is 0 Å². The van der Waals surface area contributed by atoms with E-state index < -0.39 is 5.41 Å². The number of carbonyl (C=O) groups excluding carboxylic acids is 1. The quantitative estimate of drug-likeness (QED) is 0.423. The Morgan fingerprint density at radius 2 is 2.00 bits per heavy atom. The van der Waals surface area contributed by atoms with E-state index in [-0.39, 0.29) is 12.6 Å². The molecule has 0 aromatic heterocycles. The Hall–Kier alpha value is -0.970. The summed E-state index contributed by atoms with van der Waals surface area (Å²) in [5.41, 5.74) is -0.421. The molecule has 0 aromatic rings. The van der Waals surface area contributed by atoms with Crippen LogP contribution in [0.25, 0.3) is 0 Å². The van der Waals surface area contributed by atoms with Gasteiger partial charge in [-0.2, -0.15) is 0 Å². The molecule has 11 heavy (non-hydrogen) atoms. The van der Waals surface area contributed by atoms with E-state index in [2.05, 4.69) is 11.8 Å². The maximum Gasteiger partial charge on any atom is 0.312 e. The van der Waals surface area contributed by atoms with Crippen LogP contribution in [0.1, 0.15) is 27.7 Å². The predicted octanol–water partition coefficient (Wildman–Crippen LogP) is 1.60. The number of ether oxygens (including phenoxy) is 1. The molecule has 0 aliphatic carbocycles. The molecular weight excluding hydrogens is 140 g/mol. The molecule has 2 heteroatoms. The second-order valence-corrected chi connectivity index (χ2v) is 3.25. The maximum atomic E-state index is 11.0. The highest BCUT2D eigenvalue weighted by Gasteiger charge is 2.22. The summed E-state index contributed by atoms with van der Waals surface area (Å²) in [4.78, 5) is 11.0. The van der Waals surface area contributed by atoms with Gasteiger partial charge in [-0.15, -0.1) is 5.92 Å². The third kappa shape index (κ3) is 4.44. The first-order valence-corrected chi connectivity index (χ1v) is 3.55. The molecule has 0 heterocycles. The summed E-state index contributed by atoms with van der Waals surface area (Å²) in [6.07, 6.45) is 0. The molecule has 0 fully saturated rings. The van der Waals surface area contributed by atoms with E-state index in [1.807, 2.05) is 20.8 Å². The molecule has 0 spiro atoms. The molecule has 0 radical (unpaired) electrons. The zero-order valence-electron chi connectivity index (χ0n) is 7.52. The molecule has 62 valence electrons.